The zero-order valence-electron chi connectivity index (χ0n) is 9.67. The number of imidazole rings is 1. The first-order valence-corrected chi connectivity index (χ1v) is 5.82. The van der Waals surface area contributed by atoms with Crippen molar-refractivity contribution in [3.05, 3.63) is 47.9 Å². The molecule has 0 unspecified atom stereocenters. The van der Waals surface area contributed by atoms with Gasteiger partial charge in [0.25, 0.3) is 0 Å². The third-order valence-corrected chi connectivity index (χ3v) is 2.99. The highest BCUT2D eigenvalue weighted by Crippen LogP contribution is 2.31. The maximum Gasteiger partial charge on any atom is 0.177 e. The quantitative estimate of drug-likeness (QED) is 0.708. The van der Waals surface area contributed by atoms with E-state index >= 15 is 0 Å². The molecule has 90 valence electrons. The predicted molar refractivity (Wildman–Crippen MR) is 69.2 cm³/mol. The van der Waals surface area contributed by atoms with Crippen LogP contribution in [0.5, 0.6) is 0 Å². The molecule has 0 aliphatic carbocycles. The predicted octanol–water partition coefficient (Wildman–Crippen LogP) is 3.40. The summed E-state index contributed by atoms with van der Waals surface area (Å²) >= 11 is 5.87. The molecule has 0 fully saturated rings. The van der Waals surface area contributed by atoms with E-state index in [1.165, 1.54) is 0 Å². The van der Waals surface area contributed by atoms with Crippen LogP contribution >= 0.6 is 11.6 Å². The number of halogens is 1. The van der Waals surface area contributed by atoms with Crippen LogP contribution in [0.25, 0.3) is 22.7 Å². The third-order valence-electron chi connectivity index (χ3n) is 2.74. The molecule has 18 heavy (non-hydrogen) atoms. The maximum absolute atomic E-state index is 5.87. The van der Waals surface area contributed by atoms with Crippen LogP contribution in [-0.4, -0.2) is 14.7 Å². The van der Waals surface area contributed by atoms with E-state index in [1.807, 2.05) is 42.1 Å². The van der Waals surface area contributed by atoms with E-state index in [1.54, 1.807) is 12.4 Å². The van der Waals surface area contributed by atoms with Crippen molar-refractivity contribution in [2.45, 2.75) is 0 Å². The standard InChI is InChI=1S/C13H10ClN3O/c1-17-7-6-15-13(17)11-8-16-18-12(11)9-2-4-10(14)5-3-9/h2-8H,1H3. The van der Waals surface area contributed by atoms with Gasteiger partial charge in [-0.2, -0.15) is 0 Å². The number of rotatable bonds is 2. The summed E-state index contributed by atoms with van der Waals surface area (Å²) in [5, 5.41) is 4.55. The third kappa shape index (κ3) is 1.80. The molecule has 1 aromatic carbocycles. The van der Waals surface area contributed by atoms with Gasteiger partial charge in [-0.25, -0.2) is 4.98 Å². The lowest BCUT2D eigenvalue weighted by atomic mass is 10.1. The lowest BCUT2D eigenvalue weighted by Crippen LogP contribution is -1.91. The summed E-state index contributed by atoms with van der Waals surface area (Å²) in [5.41, 5.74) is 1.79. The smallest absolute Gasteiger partial charge is 0.177 e. The number of benzene rings is 1. The van der Waals surface area contributed by atoms with Crippen LogP contribution in [0.3, 0.4) is 0 Å². The summed E-state index contributed by atoms with van der Waals surface area (Å²) in [6.07, 6.45) is 5.30. The summed E-state index contributed by atoms with van der Waals surface area (Å²) in [7, 11) is 1.93. The number of aryl methyl sites for hydroxylation is 1. The van der Waals surface area contributed by atoms with Gasteiger partial charge in [-0.05, 0) is 24.3 Å². The highest BCUT2D eigenvalue weighted by atomic mass is 35.5. The molecular weight excluding hydrogens is 250 g/mol. The van der Waals surface area contributed by atoms with E-state index in [9.17, 15) is 0 Å². The van der Waals surface area contributed by atoms with Crippen LogP contribution in [0.2, 0.25) is 5.02 Å². The second kappa shape index (κ2) is 4.31. The zero-order valence-corrected chi connectivity index (χ0v) is 10.4. The van der Waals surface area contributed by atoms with E-state index in [-0.39, 0.29) is 0 Å². The van der Waals surface area contributed by atoms with Gasteiger partial charge >= 0.3 is 0 Å². The Labute approximate surface area is 109 Å². The Hall–Kier alpha value is -2.07. The lowest BCUT2D eigenvalue weighted by molar-refractivity contribution is 0.432. The van der Waals surface area contributed by atoms with Crippen LogP contribution < -0.4 is 0 Å². The fraction of sp³-hybridized carbons (Fsp3) is 0.0769. The molecule has 2 heterocycles. The van der Waals surface area contributed by atoms with Crippen molar-refractivity contribution in [3.8, 4) is 22.7 Å². The van der Waals surface area contributed by atoms with E-state index in [4.69, 9.17) is 16.1 Å². The van der Waals surface area contributed by atoms with Crippen LogP contribution in [0, 0.1) is 0 Å². The Morgan fingerprint density at radius 1 is 1.22 bits per heavy atom. The second-order valence-corrected chi connectivity index (χ2v) is 4.37. The molecule has 0 N–H and O–H groups in total. The fourth-order valence-electron chi connectivity index (χ4n) is 1.83. The van der Waals surface area contributed by atoms with Gasteiger partial charge < -0.3 is 9.09 Å². The molecule has 0 aliphatic rings. The van der Waals surface area contributed by atoms with Crippen molar-refractivity contribution in [3.63, 3.8) is 0 Å². The van der Waals surface area contributed by atoms with Crippen LogP contribution in [0.4, 0.5) is 0 Å². The van der Waals surface area contributed by atoms with E-state index < -0.39 is 0 Å². The van der Waals surface area contributed by atoms with Crippen LogP contribution in [-0.2, 0) is 7.05 Å². The Balaban J connectivity index is 2.12. The monoisotopic (exact) mass is 259 g/mol. The first-order chi connectivity index (χ1) is 8.75. The first-order valence-electron chi connectivity index (χ1n) is 5.44. The van der Waals surface area contributed by atoms with Gasteiger partial charge in [0.05, 0.1) is 11.8 Å². The van der Waals surface area contributed by atoms with Gasteiger partial charge in [0.2, 0.25) is 0 Å². The highest BCUT2D eigenvalue weighted by Gasteiger charge is 2.15. The van der Waals surface area contributed by atoms with Gasteiger partial charge in [-0.3, -0.25) is 0 Å². The summed E-state index contributed by atoms with van der Waals surface area (Å²) in [4.78, 5) is 4.30. The SMILES string of the molecule is Cn1ccnc1-c1cnoc1-c1ccc(Cl)cc1. The molecule has 0 radical (unpaired) electrons. The number of nitrogens with zero attached hydrogens (tertiary/aromatic N) is 3. The fourth-order valence-corrected chi connectivity index (χ4v) is 1.96. The van der Waals surface area contributed by atoms with Crippen molar-refractivity contribution >= 4 is 11.6 Å². The summed E-state index contributed by atoms with van der Waals surface area (Å²) in [5.74, 6) is 1.52. The Kier molecular flexibility index (Phi) is 2.64. The van der Waals surface area contributed by atoms with E-state index in [2.05, 4.69) is 10.1 Å². The van der Waals surface area contributed by atoms with Crippen LogP contribution in [0.15, 0.2) is 47.4 Å². The van der Waals surface area contributed by atoms with Crippen molar-refractivity contribution in [1.29, 1.82) is 0 Å². The molecule has 2 aromatic heterocycles. The van der Waals surface area contributed by atoms with Gasteiger partial charge in [0.1, 0.15) is 5.82 Å². The first kappa shape index (κ1) is 11.0. The lowest BCUT2D eigenvalue weighted by Gasteiger charge is -2.01. The normalized spacial score (nSPS) is 10.8. The molecule has 4 nitrogen and oxygen atoms in total. The number of hydrogen-bond acceptors (Lipinski definition) is 3. The summed E-state index contributed by atoms with van der Waals surface area (Å²) in [6.45, 7) is 0. The summed E-state index contributed by atoms with van der Waals surface area (Å²) < 4.78 is 7.25. The average molecular weight is 260 g/mol. The molecular formula is C13H10ClN3O. The van der Waals surface area contributed by atoms with Gasteiger partial charge in [0, 0.05) is 30.0 Å². The van der Waals surface area contributed by atoms with Gasteiger partial charge in [-0.15, -0.1) is 0 Å². The molecule has 0 saturated heterocycles. The largest absolute Gasteiger partial charge is 0.356 e. The molecule has 5 heteroatoms. The highest BCUT2D eigenvalue weighted by molar-refractivity contribution is 6.30. The van der Waals surface area contributed by atoms with Crippen LogP contribution in [0.1, 0.15) is 0 Å². The Morgan fingerprint density at radius 2 is 2.00 bits per heavy atom. The van der Waals surface area contributed by atoms with Crippen molar-refractivity contribution < 1.29 is 4.52 Å². The topological polar surface area (TPSA) is 43.9 Å². The molecule has 0 spiro atoms. The molecule has 3 rings (SSSR count). The number of hydrogen-bond donors (Lipinski definition) is 0. The minimum Gasteiger partial charge on any atom is -0.356 e. The Bertz CT molecular complexity index is 670. The van der Waals surface area contributed by atoms with E-state index in [0.29, 0.717) is 10.8 Å². The van der Waals surface area contributed by atoms with E-state index in [0.717, 1.165) is 17.0 Å². The average Bonchev–Trinajstić information content (AvgIpc) is 2.98. The molecule has 0 atom stereocenters. The van der Waals surface area contributed by atoms with Gasteiger partial charge in [-0.1, -0.05) is 16.8 Å². The molecule has 0 saturated carbocycles. The molecule has 3 aromatic rings. The Morgan fingerprint density at radius 3 is 2.67 bits per heavy atom. The minimum atomic E-state index is 0.691. The van der Waals surface area contributed by atoms with Crippen molar-refractivity contribution in [1.82, 2.24) is 14.7 Å². The molecule has 0 aliphatic heterocycles. The maximum atomic E-state index is 5.87. The van der Waals surface area contributed by atoms with Crippen molar-refractivity contribution in [2.24, 2.45) is 7.05 Å². The van der Waals surface area contributed by atoms with Gasteiger partial charge in [0.15, 0.2) is 5.76 Å². The number of aromatic nitrogens is 3. The molecule has 0 amide bonds. The second-order valence-electron chi connectivity index (χ2n) is 3.94. The van der Waals surface area contributed by atoms with Crippen molar-refractivity contribution in [2.75, 3.05) is 0 Å². The zero-order chi connectivity index (χ0) is 12.5. The minimum absolute atomic E-state index is 0.691. The molecule has 0 bridgehead atoms. The summed E-state index contributed by atoms with van der Waals surface area (Å²) in [6, 6.07) is 7.44.